The molecule has 0 amide bonds. The smallest absolute Gasteiger partial charge is 0.234 e. The van der Waals surface area contributed by atoms with Gasteiger partial charge in [0.25, 0.3) is 0 Å². The van der Waals surface area contributed by atoms with Gasteiger partial charge in [-0.3, -0.25) is 4.40 Å². The van der Waals surface area contributed by atoms with Crippen molar-refractivity contribution in [1.29, 1.82) is 0 Å². The molecule has 0 aliphatic heterocycles. The maximum absolute atomic E-state index is 4.38. The molecule has 0 aliphatic rings. The van der Waals surface area contributed by atoms with E-state index >= 15 is 0 Å². The summed E-state index contributed by atoms with van der Waals surface area (Å²) in [6.45, 7) is 4.15. The van der Waals surface area contributed by atoms with Crippen molar-refractivity contribution in [1.82, 2.24) is 14.4 Å². The van der Waals surface area contributed by atoms with Gasteiger partial charge in [0.05, 0.1) is 10.2 Å². The second-order valence-electron chi connectivity index (χ2n) is 2.88. The van der Waals surface area contributed by atoms with Crippen LogP contribution in [0.15, 0.2) is 21.9 Å². The summed E-state index contributed by atoms with van der Waals surface area (Å²) >= 11 is 5.19. The summed E-state index contributed by atoms with van der Waals surface area (Å²) in [5.74, 6) is 1.81. The predicted molar refractivity (Wildman–Crippen MR) is 61.8 cm³/mol. The Balaban J connectivity index is 2.66. The first kappa shape index (κ1) is 9.98. The molecular weight excluding hydrogens is 262 g/mol. The predicted octanol–water partition coefficient (Wildman–Crippen LogP) is 2.91. The molecule has 0 atom stereocenters. The number of halogens is 1. The van der Waals surface area contributed by atoms with E-state index in [1.165, 1.54) is 5.03 Å². The molecule has 74 valence electrons. The molecule has 2 aromatic rings. The lowest BCUT2D eigenvalue weighted by Crippen LogP contribution is -1.89. The quantitative estimate of drug-likeness (QED) is 0.787. The van der Waals surface area contributed by atoms with Crippen LogP contribution in [0.3, 0.4) is 0 Å². The van der Waals surface area contributed by atoms with Crippen molar-refractivity contribution in [2.24, 2.45) is 0 Å². The van der Waals surface area contributed by atoms with Crippen LogP contribution in [-0.4, -0.2) is 20.1 Å². The lowest BCUT2D eigenvalue weighted by molar-refractivity contribution is 0.992. The van der Waals surface area contributed by atoms with Crippen LogP contribution in [0.5, 0.6) is 0 Å². The SMILES string of the molecule is CCSc1c(C)nc2ncc(Br)cn12. The van der Waals surface area contributed by atoms with Gasteiger partial charge in [0.1, 0.15) is 5.03 Å². The largest absolute Gasteiger partial charge is 0.277 e. The van der Waals surface area contributed by atoms with Gasteiger partial charge in [-0.1, -0.05) is 6.92 Å². The van der Waals surface area contributed by atoms with E-state index < -0.39 is 0 Å². The van der Waals surface area contributed by atoms with Gasteiger partial charge < -0.3 is 0 Å². The van der Waals surface area contributed by atoms with Crippen molar-refractivity contribution in [2.75, 3.05) is 5.75 Å². The Morgan fingerprint density at radius 2 is 2.36 bits per heavy atom. The van der Waals surface area contributed by atoms with E-state index in [0.29, 0.717) is 0 Å². The minimum Gasteiger partial charge on any atom is -0.277 e. The minimum absolute atomic E-state index is 0.765. The average Bonchev–Trinajstić information content (AvgIpc) is 2.45. The minimum atomic E-state index is 0.765. The monoisotopic (exact) mass is 271 g/mol. The van der Waals surface area contributed by atoms with E-state index in [-0.39, 0.29) is 0 Å². The van der Waals surface area contributed by atoms with Gasteiger partial charge in [-0.05, 0) is 28.6 Å². The number of rotatable bonds is 2. The van der Waals surface area contributed by atoms with Gasteiger partial charge in [-0.2, -0.15) is 0 Å². The molecule has 2 aromatic heterocycles. The van der Waals surface area contributed by atoms with Gasteiger partial charge in [0, 0.05) is 12.4 Å². The first-order valence-corrected chi connectivity index (χ1v) is 6.13. The van der Waals surface area contributed by atoms with E-state index in [0.717, 1.165) is 21.7 Å². The number of aryl methyl sites for hydroxylation is 1. The van der Waals surface area contributed by atoms with Crippen molar-refractivity contribution in [2.45, 2.75) is 18.9 Å². The molecule has 0 bridgehead atoms. The fraction of sp³-hybridized carbons (Fsp3) is 0.333. The zero-order chi connectivity index (χ0) is 10.1. The number of aromatic nitrogens is 3. The third-order valence-corrected chi connectivity index (χ3v) is 3.31. The Labute approximate surface area is 95.1 Å². The number of thioether (sulfide) groups is 1. The highest BCUT2D eigenvalue weighted by molar-refractivity contribution is 9.10. The lowest BCUT2D eigenvalue weighted by atomic mass is 10.6. The highest BCUT2D eigenvalue weighted by Gasteiger charge is 2.08. The van der Waals surface area contributed by atoms with E-state index in [2.05, 4.69) is 32.8 Å². The summed E-state index contributed by atoms with van der Waals surface area (Å²) in [7, 11) is 0. The van der Waals surface area contributed by atoms with Crippen LogP contribution in [0.1, 0.15) is 12.6 Å². The maximum atomic E-state index is 4.38. The Kier molecular flexibility index (Phi) is 2.78. The van der Waals surface area contributed by atoms with Gasteiger partial charge in [-0.15, -0.1) is 11.8 Å². The third kappa shape index (κ3) is 1.66. The average molecular weight is 272 g/mol. The number of hydrogen-bond acceptors (Lipinski definition) is 3. The van der Waals surface area contributed by atoms with Crippen molar-refractivity contribution in [3.8, 4) is 0 Å². The summed E-state index contributed by atoms with van der Waals surface area (Å²) in [6.07, 6.45) is 3.77. The third-order valence-electron chi connectivity index (χ3n) is 1.85. The fourth-order valence-corrected chi connectivity index (χ4v) is 2.42. The Hall–Kier alpha value is -0.550. The Morgan fingerprint density at radius 1 is 1.57 bits per heavy atom. The van der Waals surface area contributed by atoms with E-state index in [1.807, 2.05) is 17.5 Å². The van der Waals surface area contributed by atoms with Crippen LogP contribution in [0.25, 0.3) is 5.78 Å². The van der Waals surface area contributed by atoms with Crippen molar-refractivity contribution >= 4 is 33.5 Å². The number of fused-ring (bicyclic) bond motifs is 1. The maximum Gasteiger partial charge on any atom is 0.234 e. The standard InChI is InChI=1S/C9H10BrN3S/c1-3-14-8-6(2)12-9-11-4-7(10)5-13(8)9/h4-5H,3H2,1-2H3. The molecule has 0 aliphatic carbocycles. The highest BCUT2D eigenvalue weighted by Crippen LogP contribution is 2.23. The second kappa shape index (κ2) is 3.90. The van der Waals surface area contributed by atoms with Crippen LogP contribution < -0.4 is 0 Å². The van der Waals surface area contributed by atoms with Crippen molar-refractivity contribution < 1.29 is 0 Å². The summed E-state index contributed by atoms with van der Waals surface area (Å²) < 4.78 is 2.99. The molecule has 2 rings (SSSR count). The van der Waals surface area contributed by atoms with E-state index in [1.54, 1.807) is 18.0 Å². The van der Waals surface area contributed by atoms with Crippen LogP contribution >= 0.6 is 27.7 Å². The molecule has 0 unspecified atom stereocenters. The molecule has 3 nitrogen and oxygen atoms in total. The van der Waals surface area contributed by atoms with Gasteiger partial charge in [0.2, 0.25) is 5.78 Å². The first-order chi connectivity index (χ1) is 6.72. The van der Waals surface area contributed by atoms with E-state index in [9.17, 15) is 0 Å². The molecule has 2 heterocycles. The Bertz CT molecular complexity index is 466. The zero-order valence-corrected chi connectivity index (χ0v) is 10.4. The van der Waals surface area contributed by atoms with Crippen LogP contribution in [0.2, 0.25) is 0 Å². The van der Waals surface area contributed by atoms with Gasteiger partial charge >= 0.3 is 0 Å². The molecule has 5 heteroatoms. The van der Waals surface area contributed by atoms with Crippen molar-refractivity contribution in [3.63, 3.8) is 0 Å². The Morgan fingerprint density at radius 3 is 3.07 bits per heavy atom. The number of imidazole rings is 1. The topological polar surface area (TPSA) is 30.2 Å². The highest BCUT2D eigenvalue weighted by atomic mass is 79.9. The number of hydrogen-bond donors (Lipinski definition) is 0. The summed E-state index contributed by atoms with van der Waals surface area (Å²) in [6, 6.07) is 0. The first-order valence-electron chi connectivity index (χ1n) is 4.35. The molecule has 0 spiro atoms. The molecule has 0 aromatic carbocycles. The molecule has 0 fully saturated rings. The number of nitrogens with zero attached hydrogens (tertiary/aromatic N) is 3. The molecular formula is C9H10BrN3S. The fourth-order valence-electron chi connectivity index (χ4n) is 1.31. The summed E-state index contributed by atoms with van der Waals surface area (Å²) in [5, 5.41) is 1.18. The van der Waals surface area contributed by atoms with Gasteiger partial charge in [-0.25, -0.2) is 9.97 Å². The van der Waals surface area contributed by atoms with Crippen LogP contribution in [-0.2, 0) is 0 Å². The molecule has 0 radical (unpaired) electrons. The lowest BCUT2D eigenvalue weighted by Gasteiger charge is -1.99. The molecule has 0 saturated heterocycles. The molecule has 0 N–H and O–H groups in total. The summed E-state index contributed by atoms with van der Waals surface area (Å²) in [4.78, 5) is 8.62. The summed E-state index contributed by atoms with van der Waals surface area (Å²) in [5.41, 5.74) is 1.04. The second-order valence-corrected chi connectivity index (χ2v) is 5.05. The molecule has 14 heavy (non-hydrogen) atoms. The van der Waals surface area contributed by atoms with Crippen LogP contribution in [0, 0.1) is 6.92 Å². The van der Waals surface area contributed by atoms with Crippen LogP contribution in [0.4, 0.5) is 0 Å². The normalized spacial score (nSPS) is 11.1. The molecule has 0 saturated carbocycles. The zero-order valence-electron chi connectivity index (χ0n) is 7.99. The van der Waals surface area contributed by atoms with E-state index in [4.69, 9.17) is 0 Å². The van der Waals surface area contributed by atoms with Gasteiger partial charge in [0.15, 0.2) is 0 Å². The van der Waals surface area contributed by atoms with Crippen molar-refractivity contribution in [3.05, 3.63) is 22.6 Å².